The Balaban J connectivity index is 2.33. The molecule has 1 atom stereocenters. The van der Waals surface area contributed by atoms with Crippen LogP contribution in [0.3, 0.4) is 0 Å². The summed E-state index contributed by atoms with van der Waals surface area (Å²) in [6, 6.07) is 2.17. The smallest absolute Gasteiger partial charge is 0.124 e. The quantitative estimate of drug-likeness (QED) is 0.827. The van der Waals surface area contributed by atoms with E-state index in [-0.39, 0.29) is 6.04 Å². The summed E-state index contributed by atoms with van der Waals surface area (Å²) in [6.07, 6.45) is 1.86. The Bertz CT molecular complexity index is 376. The van der Waals surface area contributed by atoms with Crippen molar-refractivity contribution in [2.24, 2.45) is 5.73 Å². The second kappa shape index (κ2) is 3.57. The maximum Gasteiger partial charge on any atom is 0.124 e. The van der Waals surface area contributed by atoms with E-state index >= 15 is 0 Å². The van der Waals surface area contributed by atoms with E-state index < -0.39 is 0 Å². The Hall–Kier alpha value is -0.710. The zero-order valence-corrected chi connectivity index (χ0v) is 8.86. The van der Waals surface area contributed by atoms with Gasteiger partial charge in [0.15, 0.2) is 0 Å². The van der Waals surface area contributed by atoms with Crippen molar-refractivity contribution in [3.63, 3.8) is 0 Å². The number of aromatic nitrogens is 1. The lowest BCUT2D eigenvalue weighted by molar-refractivity contribution is 0.835. The lowest BCUT2D eigenvalue weighted by Crippen LogP contribution is -2.01. The van der Waals surface area contributed by atoms with Crippen LogP contribution in [-0.2, 0) is 0 Å². The number of thiophene rings is 1. The van der Waals surface area contributed by atoms with Gasteiger partial charge in [0.2, 0.25) is 0 Å². The summed E-state index contributed by atoms with van der Waals surface area (Å²) < 4.78 is 0. The van der Waals surface area contributed by atoms with Crippen LogP contribution in [-0.4, -0.2) is 4.98 Å². The molecule has 2 nitrogen and oxygen atoms in total. The van der Waals surface area contributed by atoms with Crippen LogP contribution < -0.4 is 5.73 Å². The van der Waals surface area contributed by atoms with Crippen molar-refractivity contribution in [1.82, 2.24) is 4.98 Å². The fourth-order valence-corrected chi connectivity index (χ4v) is 2.60. The van der Waals surface area contributed by atoms with Crippen LogP contribution in [0.5, 0.6) is 0 Å². The minimum Gasteiger partial charge on any atom is -0.323 e. The number of rotatable bonds is 2. The molecular weight excluding hydrogens is 200 g/mol. The standard InChI is InChI=1S/C9H10N2S2/c1-6(10)8-4-11-9(13-8)7-2-3-12-5-7/h2-6H,10H2,1H3. The van der Waals surface area contributed by atoms with Crippen molar-refractivity contribution < 1.29 is 0 Å². The van der Waals surface area contributed by atoms with Gasteiger partial charge >= 0.3 is 0 Å². The fraction of sp³-hybridized carbons (Fsp3) is 0.222. The minimum absolute atomic E-state index is 0.0879. The van der Waals surface area contributed by atoms with Crippen LogP contribution in [0.4, 0.5) is 0 Å². The summed E-state index contributed by atoms with van der Waals surface area (Å²) in [6.45, 7) is 1.98. The lowest BCUT2D eigenvalue weighted by Gasteiger charge is -1.96. The summed E-state index contributed by atoms with van der Waals surface area (Å²) in [7, 11) is 0. The molecule has 0 aromatic carbocycles. The Morgan fingerprint density at radius 2 is 2.38 bits per heavy atom. The summed E-state index contributed by atoms with van der Waals surface area (Å²) in [5, 5.41) is 5.22. The number of nitrogens with two attached hydrogens (primary N) is 1. The normalized spacial score (nSPS) is 13.1. The third kappa shape index (κ3) is 1.80. The zero-order valence-electron chi connectivity index (χ0n) is 7.23. The van der Waals surface area contributed by atoms with Gasteiger partial charge in [-0.25, -0.2) is 4.98 Å². The van der Waals surface area contributed by atoms with Gasteiger partial charge < -0.3 is 5.73 Å². The third-order valence-electron chi connectivity index (χ3n) is 1.74. The molecule has 2 aromatic rings. The topological polar surface area (TPSA) is 38.9 Å². The van der Waals surface area contributed by atoms with Crippen LogP contribution in [0, 0.1) is 0 Å². The second-order valence-corrected chi connectivity index (χ2v) is 4.71. The maximum absolute atomic E-state index is 5.75. The molecule has 2 N–H and O–H groups in total. The molecule has 0 aliphatic heterocycles. The first-order valence-corrected chi connectivity index (χ1v) is 5.77. The first-order valence-electron chi connectivity index (χ1n) is 4.01. The van der Waals surface area contributed by atoms with E-state index in [4.69, 9.17) is 5.73 Å². The lowest BCUT2D eigenvalue weighted by atomic mass is 10.3. The molecule has 2 aromatic heterocycles. The molecule has 13 heavy (non-hydrogen) atoms. The fourth-order valence-electron chi connectivity index (χ4n) is 1.02. The van der Waals surface area contributed by atoms with Gasteiger partial charge in [0.05, 0.1) is 0 Å². The van der Waals surface area contributed by atoms with Crippen molar-refractivity contribution in [3.8, 4) is 10.6 Å². The average molecular weight is 210 g/mol. The van der Waals surface area contributed by atoms with Crippen LogP contribution in [0.2, 0.25) is 0 Å². The third-order valence-corrected chi connectivity index (χ3v) is 3.67. The molecule has 2 heterocycles. The van der Waals surface area contributed by atoms with Gasteiger partial charge in [-0.2, -0.15) is 11.3 Å². The van der Waals surface area contributed by atoms with Gasteiger partial charge in [0.1, 0.15) is 5.01 Å². The SMILES string of the molecule is CC(N)c1cnc(-c2ccsc2)s1. The Morgan fingerprint density at radius 1 is 1.54 bits per heavy atom. The van der Waals surface area contributed by atoms with E-state index in [0.717, 1.165) is 9.88 Å². The largest absolute Gasteiger partial charge is 0.323 e. The van der Waals surface area contributed by atoms with E-state index in [9.17, 15) is 0 Å². The van der Waals surface area contributed by atoms with Gasteiger partial charge in [-0.15, -0.1) is 11.3 Å². The highest BCUT2D eigenvalue weighted by molar-refractivity contribution is 7.15. The number of thiazole rings is 1. The van der Waals surface area contributed by atoms with Crippen LogP contribution in [0.1, 0.15) is 17.8 Å². The molecule has 0 aliphatic carbocycles. The molecule has 0 aliphatic rings. The van der Waals surface area contributed by atoms with Crippen molar-refractivity contribution in [2.75, 3.05) is 0 Å². The summed E-state index contributed by atoms with van der Waals surface area (Å²) >= 11 is 3.36. The summed E-state index contributed by atoms with van der Waals surface area (Å²) in [5.74, 6) is 0. The van der Waals surface area contributed by atoms with Crippen LogP contribution >= 0.6 is 22.7 Å². The van der Waals surface area contributed by atoms with Crippen LogP contribution in [0.25, 0.3) is 10.6 Å². The molecule has 68 valence electrons. The molecule has 0 radical (unpaired) electrons. The molecule has 2 rings (SSSR count). The molecule has 0 spiro atoms. The van der Waals surface area contributed by atoms with E-state index in [1.807, 2.05) is 13.1 Å². The van der Waals surface area contributed by atoms with E-state index in [2.05, 4.69) is 21.8 Å². The first-order chi connectivity index (χ1) is 6.27. The molecular formula is C9H10N2S2. The molecule has 0 fully saturated rings. The molecule has 0 bridgehead atoms. The molecule has 0 amide bonds. The molecule has 0 saturated heterocycles. The van der Waals surface area contributed by atoms with E-state index in [1.165, 1.54) is 5.56 Å². The maximum atomic E-state index is 5.75. The minimum atomic E-state index is 0.0879. The van der Waals surface area contributed by atoms with Gasteiger partial charge in [-0.05, 0) is 18.4 Å². The number of hydrogen-bond acceptors (Lipinski definition) is 4. The van der Waals surface area contributed by atoms with Gasteiger partial charge in [0.25, 0.3) is 0 Å². The monoisotopic (exact) mass is 210 g/mol. The van der Waals surface area contributed by atoms with Gasteiger partial charge in [-0.3, -0.25) is 0 Å². The number of hydrogen-bond donors (Lipinski definition) is 1. The van der Waals surface area contributed by atoms with Crippen molar-refractivity contribution in [3.05, 3.63) is 27.9 Å². The Labute approximate surface area is 85.1 Å². The molecule has 1 unspecified atom stereocenters. The Morgan fingerprint density at radius 3 is 2.92 bits per heavy atom. The second-order valence-electron chi connectivity index (χ2n) is 2.87. The van der Waals surface area contributed by atoms with Crippen LogP contribution in [0.15, 0.2) is 23.0 Å². The van der Waals surface area contributed by atoms with E-state index in [1.54, 1.807) is 22.7 Å². The molecule has 4 heteroatoms. The highest BCUT2D eigenvalue weighted by atomic mass is 32.1. The predicted molar refractivity (Wildman–Crippen MR) is 58.0 cm³/mol. The van der Waals surface area contributed by atoms with Crippen molar-refractivity contribution in [2.45, 2.75) is 13.0 Å². The summed E-state index contributed by atoms with van der Waals surface area (Å²) in [4.78, 5) is 5.47. The highest BCUT2D eigenvalue weighted by Gasteiger charge is 2.07. The van der Waals surface area contributed by atoms with Gasteiger partial charge in [-0.1, -0.05) is 0 Å². The van der Waals surface area contributed by atoms with Crippen molar-refractivity contribution in [1.29, 1.82) is 0 Å². The average Bonchev–Trinajstić information content (AvgIpc) is 2.75. The van der Waals surface area contributed by atoms with Crippen molar-refractivity contribution >= 4 is 22.7 Å². The number of nitrogens with zero attached hydrogens (tertiary/aromatic N) is 1. The predicted octanol–water partition coefficient (Wildman–Crippen LogP) is 2.89. The molecule has 0 saturated carbocycles. The first kappa shape index (κ1) is 8.87. The highest BCUT2D eigenvalue weighted by Crippen LogP contribution is 2.28. The van der Waals surface area contributed by atoms with Gasteiger partial charge in [0, 0.05) is 28.1 Å². The summed E-state index contributed by atoms with van der Waals surface area (Å²) in [5.41, 5.74) is 6.95. The zero-order chi connectivity index (χ0) is 9.26. The van der Waals surface area contributed by atoms with E-state index in [0.29, 0.717) is 0 Å². The Kier molecular flexibility index (Phi) is 2.44.